The minimum absolute atomic E-state index is 0.0399. The Balaban J connectivity index is 1.89. The van der Waals surface area contributed by atoms with E-state index < -0.39 is 0 Å². The predicted molar refractivity (Wildman–Crippen MR) is 121 cm³/mol. The Labute approximate surface area is 183 Å². The van der Waals surface area contributed by atoms with Gasteiger partial charge in [-0.1, -0.05) is 30.3 Å². The van der Waals surface area contributed by atoms with Gasteiger partial charge in [0, 0.05) is 5.69 Å². The maximum atomic E-state index is 13.4. The van der Waals surface area contributed by atoms with Crippen LogP contribution in [0.3, 0.4) is 0 Å². The number of methoxy groups -OCH3 is 1. The zero-order valence-corrected chi connectivity index (χ0v) is 18.1. The molecule has 0 aromatic heterocycles. The van der Waals surface area contributed by atoms with E-state index in [1.54, 1.807) is 7.11 Å². The first-order valence-corrected chi connectivity index (χ1v) is 10.6. The van der Waals surface area contributed by atoms with Gasteiger partial charge in [-0.2, -0.15) is 0 Å². The van der Waals surface area contributed by atoms with Crippen LogP contribution in [-0.4, -0.2) is 26.2 Å². The lowest BCUT2D eigenvalue weighted by molar-refractivity contribution is -0.118. The second-order valence-corrected chi connectivity index (χ2v) is 7.32. The van der Waals surface area contributed by atoms with Gasteiger partial charge in [-0.05, 0) is 66.9 Å². The molecular formula is C26H27NO4. The third-order valence-corrected chi connectivity index (χ3v) is 5.43. The number of carbonyl (C=O) groups excluding carboxylic acids is 1. The van der Waals surface area contributed by atoms with Crippen molar-refractivity contribution in [2.45, 2.75) is 26.3 Å². The highest BCUT2D eigenvalue weighted by atomic mass is 16.5. The molecule has 0 radical (unpaired) electrons. The number of fused-ring (bicyclic) bond motifs is 1. The van der Waals surface area contributed by atoms with Gasteiger partial charge in [-0.25, -0.2) is 0 Å². The van der Waals surface area contributed by atoms with Crippen molar-refractivity contribution in [3.8, 4) is 17.2 Å². The standard InChI is InChI=1S/C26H27NO4/c1-4-30-23-15-19-16-25(28)27(20-11-13-21(29-3)14-12-20)26(18-9-7-6-8-10-18)22(19)17-24(23)31-5-2/h6-15,17,26H,4-5,16H2,1-3H3. The van der Waals surface area contributed by atoms with Crippen molar-refractivity contribution in [2.24, 2.45) is 0 Å². The molecule has 1 aliphatic rings. The Hall–Kier alpha value is -3.47. The molecule has 0 fully saturated rings. The number of carbonyl (C=O) groups is 1. The smallest absolute Gasteiger partial charge is 0.232 e. The van der Waals surface area contributed by atoms with Crippen LogP contribution in [0.4, 0.5) is 5.69 Å². The van der Waals surface area contributed by atoms with E-state index in [9.17, 15) is 4.79 Å². The maximum Gasteiger partial charge on any atom is 0.232 e. The van der Waals surface area contributed by atoms with E-state index in [2.05, 4.69) is 12.1 Å². The molecule has 0 N–H and O–H groups in total. The van der Waals surface area contributed by atoms with E-state index >= 15 is 0 Å². The van der Waals surface area contributed by atoms with Gasteiger partial charge in [-0.3, -0.25) is 4.79 Å². The first-order valence-electron chi connectivity index (χ1n) is 10.6. The van der Waals surface area contributed by atoms with Crippen LogP contribution in [0.5, 0.6) is 17.2 Å². The molecular weight excluding hydrogens is 390 g/mol. The molecule has 5 heteroatoms. The first-order chi connectivity index (χ1) is 15.2. The molecule has 160 valence electrons. The Bertz CT molecular complexity index is 1050. The topological polar surface area (TPSA) is 48.0 Å². The van der Waals surface area contributed by atoms with E-state index in [0.29, 0.717) is 31.1 Å². The Morgan fingerprint density at radius 3 is 2.16 bits per heavy atom. The lowest BCUT2D eigenvalue weighted by Gasteiger charge is -2.38. The van der Waals surface area contributed by atoms with Gasteiger partial charge in [0.25, 0.3) is 0 Å². The van der Waals surface area contributed by atoms with Crippen LogP contribution in [0.2, 0.25) is 0 Å². The summed E-state index contributed by atoms with van der Waals surface area (Å²) in [5.74, 6) is 2.18. The highest BCUT2D eigenvalue weighted by molar-refractivity contribution is 5.98. The van der Waals surface area contributed by atoms with Gasteiger partial charge in [0.1, 0.15) is 5.75 Å². The van der Waals surface area contributed by atoms with Crippen molar-refractivity contribution < 1.29 is 19.0 Å². The number of ether oxygens (including phenoxy) is 3. The highest BCUT2D eigenvalue weighted by Crippen LogP contribution is 2.43. The van der Waals surface area contributed by atoms with E-state index in [4.69, 9.17) is 14.2 Å². The minimum atomic E-state index is -0.263. The van der Waals surface area contributed by atoms with Crippen molar-refractivity contribution in [3.05, 3.63) is 83.4 Å². The molecule has 0 saturated carbocycles. The summed E-state index contributed by atoms with van der Waals surface area (Å²) in [6, 6.07) is 21.4. The molecule has 1 amide bonds. The van der Waals surface area contributed by atoms with Crippen LogP contribution in [0, 0.1) is 0 Å². The van der Waals surface area contributed by atoms with Gasteiger partial charge in [0.15, 0.2) is 11.5 Å². The van der Waals surface area contributed by atoms with Crippen molar-refractivity contribution in [2.75, 3.05) is 25.2 Å². The molecule has 1 aliphatic heterocycles. The zero-order valence-electron chi connectivity index (χ0n) is 18.1. The van der Waals surface area contributed by atoms with E-state index in [0.717, 1.165) is 28.1 Å². The molecule has 1 heterocycles. The average Bonchev–Trinajstić information content (AvgIpc) is 2.80. The molecule has 0 aliphatic carbocycles. The Kier molecular flexibility index (Phi) is 6.12. The predicted octanol–water partition coefficient (Wildman–Crippen LogP) is 5.17. The fourth-order valence-electron chi connectivity index (χ4n) is 4.09. The average molecular weight is 418 g/mol. The molecule has 0 bridgehead atoms. The first kappa shape index (κ1) is 20.8. The Morgan fingerprint density at radius 2 is 1.55 bits per heavy atom. The number of nitrogens with zero attached hydrogens (tertiary/aromatic N) is 1. The van der Waals surface area contributed by atoms with Gasteiger partial charge in [0.2, 0.25) is 5.91 Å². The summed E-state index contributed by atoms with van der Waals surface area (Å²) in [4.78, 5) is 15.3. The molecule has 0 spiro atoms. The second-order valence-electron chi connectivity index (χ2n) is 7.32. The number of amides is 1. The van der Waals surface area contributed by atoms with Crippen LogP contribution < -0.4 is 19.1 Å². The molecule has 1 unspecified atom stereocenters. The molecule has 3 aromatic carbocycles. The summed E-state index contributed by atoms with van der Waals surface area (Å²) in [6.45, 7) is 4.97. The number of hydrogen-bond acceptors (Lipinski definition) is 4. The number of anilines is 1. The largest absolute Gasteiger partial charge is 0.497 e. The van der Waals surface area contributed by atoms with E-state index in [-0.39, 0.29) is 11.9 Å². The Morgan fingerprint density at radius 1 is 0.903 bits per heavy atom. The van der Waals surface area contributed by atoms with Gasteiger partial charge in [-0.15, -0.1) is 0 Å². The molecule has 0 saturated heterocycles. The van der Waals surface area contributed by atoms with Crippen LogP contribution in [-0.2, 0) is 11.2 Å². The normalized spacial score (nSPS) is 15.4. The summed E-state index contributed by atoms with van der Waals surface area (Å²) in [5, 5.41) is 0. The maximum absolute atomic E-state index is 13.4. The van der Waals surface area contributed by atoms with Crippen molar-refractivity contribution in [1.82, 2.24) is 0 Å². The summed E-state index contributed by atoms with van der Waals surface area (Å²) in [5.41, 5.74) is 3.89. The monoisotopic (exact) mass is 417 g/mol. The van der Waals surface area contributed by atoms with Gasteiger partial charge >= 0.3 is 0 Å². The number of rotatable bonds is 7. The van der Waals surface area contributed by atoms with Gasteiger partial charge < -0.3 is 19.1 Å². The van der Waals surface area contributed by atoms with Crippen LogP contribution >= 0.6 is 0 Å². The van der Waals surface area contributed by atoms with Crippen LogP contribution in [0.15, 0.2) is 66.7 Å². The summed E-state index contributed by atoms with van der Waals surface area (Å²) in [6.07, 6.45) is 0.303. The summed E-state index contributed by atoms with van der Waals surface area (Å²) < 4.78 is 17.0. The second kappa shape index (κ2) is 9.13. The van der Waals surface area contributed by atoms with Crippen molar-refractivity contribution >= 4 is 11.6 Å². The van der Waals surface area contributed by atoms with Crippen molar-refractivity contribution in [1.29, 1.82) is 0 Å². The third kappa shape index (κ3) is 4.08. The number of hydrogen-bond donors (Lipinski definition) is 0. The number of benzene rings is 3. The van der Waals surface area contributed by atoms with Crippen LogP contribution in [0.25, 0.3) is 0 Å². The zero-order chi connectivity index (χ0) is 21.8. The highest BCUT2D eigenvalue weighted by Gasteiger charge is 2.35. The molecule has 5 nitrogen and oxygen atoms in total. The van der Waals surface area contributed by atoms with Crippen LogP contribution in [0.1, 0.15) is 36.6 Å². The molecule has 4 rings (SSSR count). The third-order valence-electron chi connectivity index (χ3n) is 5.43. The molecule has 1 atom stereocenters. The van der Waals surface area contributed by atoms with Gasteiger partial charge in [0.05, 0.1) is 32.8 Å². The fraction of sp³-hybridized carbons (Fsp3) is 0.269. The SMILES string of the molecule is CCOc1cc2c(cc1OCC)C(c1ccccc1)N(c1ccc(OC)cc1)C(=O)C2. The van der Waals surface area contributed by atoms with Crippen molar-refractivity contribution in [3.63, 3.8) is 0 Å². The molecule has 3 aromatic rings. The van der Waals surface area contributed by atoms with E-state index in [1.807, 2.05) is 73.3 Å². The minimum Gasteiger partial charge on any atom is -0.497 e. The van der Waals surface area contributed by atoms with E-state index in [1.165, 1.54) is 0 Å². The quantitative estimate of drug-likeness (QED) is 0.532. The summed E-state index contributed by atoms with van der Waals surface area (Å²) >= 11 is 0. The lowest BCUT2D eigenvalue weighted by Crippen LogP contribution is -2.41. The lowest BCUT2D eigenvalue weighted by atomic mass is 9.87. The molecule has 31 heavy (non-hydrogen) atoms. The fourth-order valence-corrected chi connectivity index (χ4v) is 4.09. The summed E-state index contributed by atoms with van der Waals surface area (Å²) in [7, 11) is 1.63.